The molecule has 6 heteroatoms. The van der Waals surface area contributed by atoms with E-state index in [4.69, 9.17) is 9.84 Å². The zero-order valence-corrected chi connectivity index (χ0v) is 7.97. The van der Waals surface area contributed by atoms with Gasteiger partial charge in [0.05, 0.1) is 18.9 Å². The van der Waals surface area contributed by atoms with Gasteiger partial charge in [0, 0.05) is 6.07 Å². The number of carboxylic acid groups (broad SMARTS) is 1. The van der Waals surface area contributed by atoms with Crippen LogP contribution in [0.2, 0.25) is 0 Å². The van der Waals surface area contributed by atoms with Crippen LogP contribution in [0.5, 0.6) is 0 Å². The minimum Gasteiger partial charge on any atom is -0.480 e. The number of carboxylic acids is 1. The topological polar surface area (TPSA) is 81.4 Å². The lowest BCUT2D eigenvalue weighted by Crippen LogP contribution is -2.29. The number of hydrogen-bond acceptors (Lipinski definition) is 4. The van der Waals surface area contributed by atoms with E-state index in [0.29, 0.717) is 25.3 Å². The fourth-order valence-electron chi connectivity index (χ4n) is 1.50. The van der Waals surface area contributed by atoms with E-state index in [0.717, 1.165) is 10.2 Å². The van der Waals surface area contributed by atoms with Crippen molar-refractivity contribution in [1.82, 2.24) is 9.78 Å². The summed E-state index contributed by atoms with van der Waals surface area (Å²) in [6.07, 6.45) is 0.658. The number of hydrogen-bond donors (Lipinski definition) is 1. The highest BCUT2D eigenvalue weighted by molar-refractivity contribution is 5.66. The number of aromatic nitrogens is 2. The third-order valence-corrected chi connectivity index (χ3v) is 2.20. The maximum absolute atomic E-state index is 11.4. The van der Waals surface area contributed by atoms with Crippen LogP contribution in [0, 0.1) is 0 Å². The molecule has 2 heterocycles. The Labute approximate surface area is 85.1 Å². The van der Waals surface area contributed by atoms with Gasteiger partial charge in [-0.3, -0.25) is 9.59 Å². The van der Waals surface area contributed by atoms with E-state index in [1.54, 1.807) is 0 Å². The molecule has 0 aromatic carbocycles. The van der Waals surface area contributed by atoms with Crippen molar-refractivity contribution in [2.75, 3.05) is 6.61 Å². The lowest BCUT2D eigenvalue weighted by Gasteiger charge is -2.15. The second-order valence-electron chi connectivity index (χ2n) is 3.31. The predicted octanol–water partition coefficient (Wildman–Crippen LogP) is -0.599. The maximum atomic E-state index is 11.4. The highest BCUT2D eigenvalue weighted by atomic mass is 16.5. The van der Waals surface area contributed by atoms with Gasteiger partial charge in [0.15, 0.2) is 0 Å². The monoisotopic (exact) mass is 210 g/mol. The van der Waals surface area contributed by atoms with Gasteiger partial charge in [-0.2, -0.15) is 5.10 Å². The van der Waals surface area contributed by atoms with E-state index >= 15 is 0 Å². The number of nitrogens with zero attached hydrogens (tertiary/aromatic N) is 2. The van der Waals surface area contributed by atoms with Crippen LogP contribution in [0.15, 0.2) is 10.9 Å². The molecule has 1 aromatic rings. The molecule has 1 N–H and O–H groups in total. The smallest absolute Gasteiger partial charge is 0.325 e. The van der Waals surface area contributed by atoms with Gasteiger partial charge in [0.2, 0.25) is 0 Å². The highest BCUT2D eigenvalue weighted by Crippen LogP contribution is 2.11. The molecule has 0 unspecified atom stereocenters. The van der Waals surface area contributed by atoms with Crippen molar-refractivity contribution < 1.29 is 14.6 Å². The molecule has 0 amide bonds. The molecule has 0 fully saturated rings. The van der Waals surface area contributed by atoms with Gasteiger partial charge in [-0.05, 0) is 12.0 Å². The molecule has 0 saturated carbocycles. The van der Waals surface area contributed by atoms with Gasteiger partial charge >= 0.3 is 5.97 Å². The van der Waals surface area contributed by atoms with E-state index in [2.05, 4.69) is 5.10 Å². The molecule has 15 heavy (non-hydrogen) atoms. The molecule has 0 saturated heterocycles. The lowest BCUT2D eigenvalue weighted by atomic mass is 10.1. The molecule has 0 atom stereocenters. The van der Waals surface area contributed by atoms with Gasteiger partial charge in [-0.1, -0.05) is 0 Å². The number of aliphatic carboxylic acids is 1. The number of fused-ring (bicyclic) bond motifs is 1. The van der Waals surface area contributed by atoms with Crippen LogP contribution < -0.4 is 5.56 Å². The zero-order valence-electron chi connectivity index (χ0n) is 7.97. The fourth-order valence-corrected chi connectivity index (χ4v) is 1.50. The lowest BCUT2D eigenvalue weighted by molar-refractivity contribution is -0.138. The van der Waals surface area contributed by atoms with Gasteiger partial charge in [-0.25, -0.2) is 4.68 Å². The minimum atomic E-state index is -1.08. The summed E-state index contributed by atoms with van der Waals surface area (Å²) >= 11 is 0. The molecule has 1 aromatic heterocycles. The quantitative estimate of drug-likeness (QED) is 0.705. The van der Waals surface area contributed by atoms with E-state index in [1.807, 2.05) is 0 Å². The molecule has 80 valence electrons. The molecule has 0 aliphatic carbocycles. The molecule has 1 aliphatic rings. The second-order valence-corrected chi connectivity index (χ2v) is 3.31. The predicted molar refractivity (Wildman–Crippen MR) is 49.5 cm³/mol. The van der Waals surface area contributed by atoms with Gasteiger partial charge in [0.1, 0.15) is 6.54 Å². The van der Waals surface area contributed by atoms with Gasteiger partial charge in [-0.15, -0.1) is 0 Å². The van der Waals surface area contributed by atoms with Crippen LogP contribution in [-0.2, 0) is 29.1 Å². The van der Waals surface area contributed by atoms with Crippen molar-refractivity contribution in [3.8, 4) is 0 Å². The van der Waals surface area contributed by atoms with Crippen LogP contribution in [-0.4, -0.2) is 27.5 Å². The Hall–Kier alpha value is -1.69. The van der Waals surface area contributed by atoms with E-state index in [1.165, 1.54) is 6.07 Å². The Morgan fingerprint density at radius 3 is 3.20 bits per heavy atom. The summed E-state index contributed by atoms with van der Waals surface area (Å²) in [5.41, 5.74) is 1.13. The third kappa shape index (κ3) is 2.04. The van der Waals surface area contributed by atoms with Gasteiger partial charge in [0.25, 0.3) is 5.56 Å². The average Bonchev–Trinajstić information content (AvgIpc) is 2.18. The maximum Gasteiger partial charge on any atom is 0.325 e. The van der Waals surface area contributed by atoms with Crippen molar-refractivity contribution >= 4 is 5.97 Å². The fraction of sp³-hybridized carbons (Fsp3) is 0.444. The van der Waals surface area contributed by atoms with Crippen LogP contribution >= 0.6 is 0 Å². The summed E-state index contributed by atoms with van der Waals surface area (Å²) < 4.78 is 6.11. The Balaban J connectivity index is 2.40. The molecule has 2 rings (SSSR count). The minimum absolute atomic E-state index is 0.342. The third-order valence-electron chi connectivity index (χ3n) is 2.20. The molecule has 0 radical (unpaired) electrons. The Kier molecular flexibility index (Phi) is 2.51. The largest absolute Gasteiger partial charge is 0.480 e. The Bertz CT molecular complexity index is 452. The molecular weight excluding hydrogens is 200 g/mol. The summed E-state index contributed by atoms with van der Waals surface area (Å²) in [6.45, 7) is 0.512. The molecule has 1 aliphatic heterocycles. The van der Waals surface area contributed by atoms with Crippen LogP contribution in [0.4, 0.5) is 0 Å². The van der Waals surface area contributed by atoms with Crippen molar-refractivity contribution in [3.63, 3.8) is 0 Å². The van der Waals surface area contributed by atoms with Crippen molar-refractivity contribution in [2.45, 2.75) is 19.6 Å². The van der Waals surface area contributed by atoms with Gasteiger partial charge < -0.3 is 9.84 Å². The first-order valence-electron chi connectivity index (χ1n) is 4.56. The van der Waals surface area contributed by atoms with Crippen molar-refractivity contribution in [1.29, 1.82) is 0 Å². The zero-order chi connectivity index (χ0) is 10.8. The Morgan fingerprint density at radius 2 is 2.47 bits per heavy atom. The number of ether oxygens (including phenoxy) is 1. The number of rotatable bonds is 2. The first-order valence-corrected chi connectivity index (χ1v) is 4.56. The molecule has 0 spiro atoms. The summed E-state index contributed by atoms with van der Waals surface area (Å²) in [4.78, 5) is 21.9. The normalized spacial score (nSPS) is 14.7. The van der Waals surface area contributed by atoms with E-state index in [9.17, 15) is 9.59 Å². The average molecular weight is 210 g/mol. The standard InChI is InChI=1S/C9H10N2O4/c12-8-3-6-1-2-15-5-7(6)10-11(8)4-9(13)14/h3H,1-2,4-5H2,(H,13,14). The summed E-state index contributed by atoms with van der Waals surface area (Å²) in [5.74, 6) is -1.08. The molecular formula is C9H10N2O4. The summed E-state index contributed by atoms with van der Waals surface area (Å²) in [5, 5.41) is 12.5. The van der Waals surface area contributed by atoms with Crippen molar-refractivity contribution in [3.05, 3.63) is 27.7 Å². The number of carbonyl (C=O) groups is 1. The van der Waals surface area contributed by atoms with Crippen LogP contribution in [0.25, 0.3) is 0 Å². The van der Waals surface area contributed by atoms with Crippen molar-refractivity contribution in [2.24, 2.45) is 0 Å². The van der Waals surface area contributed by atoms with E-state index < -0.39 is 12.5 Å². The Morgan fingerprint density at radius 1 is 1.67 bits per heavy atom. The summed E-state index contributed by atoms with van der Waals surface area (Å²) in [6, 6.07) is 1.44. The van der Waals surface area contributed by atoms with Crippen LogP contribution in [0.1, 0.15) is 11.3 Å². The highest BCUT2D eigenvalue weighted by Gasteiger charge is 2.14. The molecule has 0 bridgehead atoms. The first kappa shape index (κ1) is 9.85. The summed E-state index contributed by atoms with van der Waals surface area (Å²) in [7, 11) is 0. The van der Waals surface area contributed by atoms with E-state index in [-0.39, 0.29) is 5.56 Å². The first-order chi connectivity index (χ1) is 7.16. The second kappa shape index (κ2) is 3.82. The SMILES string of the molecule is O=C(O)Cn1nc2c(cc1=O)CCOC2. The molecule has 6 nitrogen and oxygen atoms in total. The van der Waals surface area contributed by atoms with Crippen LogP contribution in [0.3, 0.4) is 0 Å².